The van der Waals surface area contributed by atoms with Crippen LogP contribution >= 0.6 is 22.6 Å². The first-order chi connectivity index (χ1) is 6.27. The lowest BCUT2D eigenvalue weighted by atomic mass is 10.0. The molecule has 70 valence electrons. The highest BCUT2D eigenvalue weighted by Gasteiger charge is 2.06. The molecule has 1 rings (SSSR count). The van der Waals surface area contributed by atoms with E-state index in [1.807, 2.05) is 13.1 Å². The molecular formula is C11H14IN. The molecule has 0 radical (unpaired) electrons. The van der Waals surface area contributed by atoms with E-state index in [2.05, 4.69) is 58.8 Å². The van der Waals surface area contributed by atoms with Crippen LogP contribution in [0.2, 0.25) is 0 Å². The van der Waals surface area contributed by atoms with Crippen LogP contribution < -0.4 is 5.32 Å². The monoisotopic (exact) mass is 287 g/mol. The summed E-state index contributed by atoms with van der Waals surface area (Å²) in [6.07, 6.45) is 2.91. The molecule has 1 N–H and O–H groups in total. The van der Waals surface area contributed by atoms with E-state index in [1.165, 1.54) is 9.13 Å². The van der Waals surface area contributed by atoms with Crippen molar-refractivity contribution in [2.45, 2.75) is 12.5 Å². The second-order valence-electron chi connectivity index (χ2n) is 2.92. The summed E-state index contributed by atoms with van der Waals surface area (Å²) >= 11 is 2.33. The van der Waals surface area contributed by atoms with Gasteiger partial charge in [0.15, 0.2) is 0 Å². The normalized spacial score (nSPS) is 12.5. The highest BCUT2D eigenvalue weighted by atomic mass is 127. The molecule has 1 aromatic carbocycles. The van der Waals surface area contributed by atoms with Gasteiger partial charge in [-0.05, 0) is 53.8 Å². The molecule has 0 saturated heterocycles. The molecule has 0 aliphatic carbocycles. The lowest BCUT2D eigenvalue weighted by molar-refractivity contribution is 0.603. The van der Waals surface area contributed by atoms with Crippen LogP contribution in [0.3, 0.4) is 0 Å². The predicted molar refractivity (Wildman–Crippen MR) is 65.8 cm³/mol. The van der Waals surface area contributed by atoms with E-state index >= 15 is 0 Å². The van der Waals surface area contributed by atoms with Crippen molar-refractivity contribution in [3.05, 3.63) is 46.1 Å². The molecule has 0 heterocycles. The molecule has 1 atom stereocenters. The number of hydrogen-bond acceptors (Lipinski definition) is 1. The first-order valence-electron chi connectivity index (χ1n) is 4.31. The van der Waals surface area contributed by atoms with Gasteiger partial charge in [0.25, 0.3) is 0 Å². The summed E-state index contributed by atoms with van der Waals surface area (Å²) in [6.45, 7) is 3.75. The zero-order valence-electron chi connectivity index (χ0n) is 7.76. The molecule has 2 heteroatoms. The van der Waals surface area contributed by atoms with Crippen LogP contribution in [0.5, 0.6) is 0 Å². The van der Waals surface area contributed by atoms with Crippen LogP contribution in [-0.4, -0.2) is 7.05 Å². The number of rotatable bonds is 4. The van der Waals surface area contributed by atoms with Gasteiger partial charge in [0.1, 0.15) is 0 Å². The van der Waals surface area contributed by atoms with Crippen molar-refractivity contribution >= 4 is 22.6 Å². The van der Waals surface area contributed by atoms with Gasteiger partial charge in [-0.2, -0.15) is 0 Å². The summed E-state index contributed by atoms with van der Waals surface area (Å²) in [4.78, 5) is 0. The smallest absolute Gasteiger partial charge is 0.0352 e. The van der Waals surface area contributed by atoms with Crippen molar-refractivity contribution in [1.29, 1.82) is 0 Å². The Kier molecular flexibility index (Phi) is 4.45. The van der Waals surface area contributed by atoms with Crippen LogP contribution in [-0.2, 0) is 0 Å². The van der Waals surface area contributed by atoms with E-state index in [0.29, 0.717) is 6.04 Å². The van der Waals surface area contributed by atoms with E-state index in [-0.39, 0.29) is 0 Å². The fraction of sp³-hybridized carbons (Fsp3) is 0.273. The minimum absolute atomic E-state index is 0.396. The third-order valence-corrected chi connectivity index (χ3v) is 2.67. The molecular weight excluding hydrogens is 273 g/mol. The molecule has 0 saturated carbocycles. The second kappa shape index (κ2) is 5.40. The standard InChI is InChI=1S/C11H14IN/c1-3-5-11(13-2)9-6-4-7-10(12)8-9/h3-4,6-8,11,13H,1,5H2,2H3. The summed E-state index contributed by atoms with van der Waals surface area (Å²) in [5.41, 5.74) is 1.33. The van der Waals surface area contributed by atoms with Crippen LogP contribution in [0.4, 0.5) is 0 Å². The molecule has 0 bridgehead atoms. The molecule has 0 aliphatic rings. The zero-order chi connectivity index (χ0) is 9.68. The maximum Gasteiger partial charge on any atom is 0.0352 e. The molecule has 1 unspecified atom stereocenters. The largest absolute Gasteiger partial charge is 0.313 e. The van der Waals surface area contributed by atoms with E-state index in [1.54, 1.807) is 0 Å². The summed E-state index contributed by atoms with van der Waals surface area (Å²) in [5, 5.41) is 3.27. The highest BCUT2D eigenvalue weighted by molar-refractivity contribution is 14.1. The number of halogens is 1. The lowest BCUT2D eigenvalue weighted by Crippen LogP contribution is -2.15. The van der Waals surface area contributed by atoms with Crippen molar-refractivity contribution in [3.63, 3.8) is 0 Å². The van der Waals surface area contributed by atoms with Gasteiger partial charge in [-0.1, -0.05) is 18.2 Å². The van der Waals surface area contributed by atoms with Crippen molar-refractivity contribution < 1.29 is 0 Å². The first-order valence-corrected chi connectivity index (χ1v) is 5.39. The van der Waals surface area contributed by atoms with Gasteiger partial charge in [0.05, 0.1) is 0 Å². The Morgan fingerprint density at radius 1 is 1.62 bits per heavy atom. The van der Waals surface area contributed by atoms with Gasteiger partial charge in [0.2, 0.25) is 0 Å². The van der Waals surface area contributed by atoms with Crippen LogP contribution in [0.15, 0.2) is 36.9 Å². The highest BCUT2D eigenvalue weighted by Crippen LogP contribution is 2.18. The fourth-order valence-corrected chi connectivity index (χ4v) is 1.88. The molecule has 0 spiro atoms. The average Bonchev–Trinajstić information content (AvgIpc) is 2.14. The lowest BCUT2D eigenvalue weighted by Gasteiger charge is -2.14. The Morgan fingerprint density at radius 2 is 2.38 bits per heavy atom. The summed E-state index contributed by atoms with van der Waals surface area (Å²) in [7, 11) is 1.98. The molecule has 0 aliphatic heterocycles. The molecule has 0 fully saturated rings. The van der Waals surface area contributed by atoms with Gasteiger partial charge in [0, 0.05) is 9.61 Å². The number of hydrogen-bond donors (Lipinski definition) is 1. The van der Waals surface area contributed by atoms with E-state index in [4.69, 9.17) is 0 Å². The Morgan fingerprint density at radius 3 is 2.92 bits per heavy atom. The SMILES string of the molecule is C=CCC(NC)c1cccc(I)c1. The number of nitrogens with one attached hydrogen (secondary N) is 1. The maximum atomic E-state index is 3.75. The summed E-state index contributed by atoms with van der Waals surface area (Å²) < 4.78 is 1.28. The van der Waals surface area contributed by atoms with E-state index < -0.39 is 0 Å². The Bertz CT molecular complexity index is 283. The number of benzene rings is 1. The zero-order valence-corrected chi connectivity index (χ0v) is 9.91. The third kappa shape index (κ3) is 3.12. The molecule has 1 nitrogen and oxygen atoms in total. The van der Waals surface area contributed by atoms with Crippen molar-refractivity contribution in [2.24, 2.45) is 0 Å². The third-order valence-electron chi connectivity index (χ3n) is 2.00. The summed E-state index contributed by atoms with van der Waals surface area (Å²) in [5.74, 6) is 0. The molecule has 1 aromatic rings. The topological polar surface area (TPSA) is 12.0 Å². The van der Waals surface area contributed by atoms with Crippen molar-refractivity contribution in [2.75, 3.05) is 7.05 Å². The fourth-order valence-electron chi connectivity index (χ4n) is 1.31. The minimum Gasteiger partial charge on any atom is -0.313 e. The van der Waals surface area contributed by atoms with E-state index in [9.17, 15) is 0 Å². The van der Waals surface area contributed by atoms with E-state index in [0.717, 1.165) is 6.42 Å². The van der Waals surface area contributed by atoms with Gasteiger partial charge in [-0.3, -0.25) is 0 Å². The Hall–Kier alpha value is -0.350. The average molecular weight is 287 g/mol. The van der Waals surface area contributed by atoms with Crippen LogP contribution in [0.1, 0.15) is 18.0 Å². The molecule has 0 amide bonds. The van der Waals surface area contributed by atoms with Gasteiger partial charge >= 0.3 is 0 Å². The minimum atomic E-state index is 0.396. The predicted octanol–water partition coefficient (Wildman–Crippen LogP) is 3.13. The Labute approximate surface area is 93.4 Å². The van der Waals surface area contributed by atoms with Gasteiger partial charge in [-0.15, -0.1) is 6.58 Å². The van der Waals surface area contributed by atoms with Crippen molar-refractivity contribution in [3.8, 4) is 0 Å². The quantitative estimate of drug-likeness (QED) is 0.662. The molecule has 0 aromatic heterocycles. The van der Waals surface area contributed by atoms with Gasteiger partial charge < -0.3 is 5.32 Å². The molecule has 13 heavy (non-hydrogen) atoms. The van der Waals surface area contributed by atoms with Crippen LogP contribution in [0, 0.1) is 3.57 Å². The first kappa shape index (κ1) is 10.7. The maximum absolute atomic E-state index is 3.75. The van der Waals surface area contributed by atoms with Crippen molar-refractivity contribution in [1.82, 2.24) is 5.32 Å². The van der Waals surface area contributed by atoms with Crippen LogP contribution in [0.25, 0.3) is 0 Å². The Balaban J connectivity index is 2.84. The summed E-state index contributed by atoms with van der Waals surface area (Å²) in [6, 6.07) is 8.93. The second-order valence-corrected chi connectivity index (χ2v) is 4.17. The van der Waals surface area contributed by atoms with Gasteiger partial charge in [-0.25, -0.2) is 0 Å².